The van der Waals surface area contributed by atoms with Crippen molar-refractivity contribution in [3.63, 3.8) is 0 Å². The topological polar surface area (TPSA) is 72.9 Å². The zero-order valence-corrected chi connectivity index (χ0v) is 15.9. The van der Waals surface area contributed by atoms with Crippen molar-refractivity contribution in [3.8, 4) is 5.75 Å². The summed E-state index contributed by atoms with van der Waals surface area (Å²) in [6, 6.07) is 5.43. The largest absolute Gasteiger partial charge is 0.497 e. The van der Waals surface area contributed by atoms with E-state index >= 15 is 0 Å². The Kier molecular flexibility index (Phi) is 5.06. The summed E-state index contributed by atoms with van der Waals surface area (Å²) in [4.78, 5) is 12.3. The van der Waals surface area contributed by atoms with Gasteiger partial charge in [0.05, 0.1) is 23.2 Å². The van der Waals surface area contributed by atoms with Gasteiger partial charge in [-0.1, -0.05) is 0 Å². The van der Waals surface area contributed by atoms with Crippen molar-refractivity contribution in [3.05, 3.63) is 24.3 Å². The van der Waals surface area contributed by atoms with Crippen molar-refractivity contribution >= 4 is 39.5 Å². The van der Waals surface area contributed by atoms with Crippen LogP contribution in [0.5, 0.6) is 5.75 Å². The molecule has 2 fully saturated rings. The molecule has 3 rings (SSSR count). The number of carbonyl (C=O) groups excluding carboxylic acids is 1. The van der Waals surface area contributed by atoms with Crippen LogP contribution >= 0.6 is 23.5 Å². The summed E-state index contributed by atoms with van der Waals surface area (Å²) >= 11 is 3.47. The molecule has 0 unspecified atom stereocenters. The van der Waals surface area contributed by atoms with Crippen LogP contribution < -0.4 is 4.74 Å². The average Bonchev–Trinajstić information content (AvgIpc) is 3.22. The first kappa shape index (κ1) is 17.9. The summed E-state index contributed by atoms with van der Waals surface area (Å²) in [6.07, 6.45) is 0.477. The van der Waals surface area contributed by atoms with Crippen LogP contribution in [-0.2, 0) is 19.6 Å². The van der Waals surface area contributed by atoms with Crippen molar-refractivity contribution in [1.82, 2.24) is 4.31 Å². The quantitative estimate of drug-likeness (QED) is 0.727. The average molecular weight is 390 g/mol. The van der Waals surface area contributed by atoms with Gasteiger partial charge in [0.15, 0.2) is 0 Å². The highest BCUT2D eigenvalue weighted by atomic mass is 32.2. The number of carbonyl (C=O) groups is 1. The number of sulfonamides is 1. The van der Waals surface area contributed by atoms with Gasteiger partial charge in [-0.05, 0) is 30.7 Å². The zero-order valence-electron chi connectivity index (χ0n) is 13.4. The number of esters is 1. The lowest BCUT2D eigenvalue weighted by Crippen LogP contribution is -2.41. The van der Waals surface area contributed by atoms with Crippen LogP contribution in [-0.4, -0.2) is 61.1 Å². The summed E-state index contributed by atoms with van der Waals surface area (Å²) in [7, 11) is -0.966. The molecule has 0 bridgehead atoms. The Bertz CT molecular complexity index is 713. The van der Waals surface area contributed by atoms with Crippen LogP contribution in [0.2, 0.25) is 0 Å². The van der Waals surface area contributed by atoms with Gasteiger partial charge in [0, 0.05) is 18.1 Å². The van der Waals surface area contributed by atoms with Gasteiger partial charge in [-0.25, -0.2) is 8.42 Å². The van der Waals surface area contributed by atoms with Crippen LogP contribution in [0.25, 0.3) is 0 Å². The number of benzene rings is 1. The number of hydrogen-bond donors (Lipinski definition) is 0. The van der Waals surface area contributed by atoms with Gasteiger partial charge in [-0.15, -0.1) is 23.5 Å². The van der Waals surface area contributed by atoms with Crippen LogP contribution in [0.3, 0.4) is 0 Å². The molecular formula is C15H19NO5S3. The molecule has 2 aliphatic heterocycles. The highest BCUT2D eigenvalue weighted by Gasteiger charge is 2.54. The lowest BCUT2D eigenvalue weighted by Gasteiger charge is -2.23. The maximum absolute atomic E-state index is 13.1. The summed E-state index contributed by atoms with van der Waals surface area (Å²) < 4.78 is 37.1. The number of thioether (sulfide) groups is 2. The summed E-state index contributed by atoms with van der Waals surface area (Å²) in [6.45, 7) is 0.316. The van der Waals surface area contributed by atoms with Crippen molar-refractivity contribution in [2.24, 2.45) is 0 Å². The van der Waals surface area contributed by atoms with Gasteiger partial charge in [0.2, 0.25) is 10.0 Å². The molecule has 24 heavy (non-hydrogen) atoms. The van der Waals surface area contributed by atoms with E-state index in [-0.39, 0.29) is 8.97 Å². The number of rotatable bonds is 4. The van der Waals surface area contributed by atoms with Gasteiger partial charge in [0.1, 0.15) is 11.8 Å². The Morgan fingerprint density at radius 2 is 1.83 bits per heavy atom. The molecule has 0 aromatic heterocycles. The molecule has 2 saturated heterocycles. The van der Waals surface area contributed by atoms with Crippen LogP contribution in [0, 0.1) is 0 Å². The molecule has 6 nitrogen and oxygen atoms in total. The van der Waals surface area contributed by atoms with Crippen LogP contribution in [0.15, 0.2) is 29.2 Å². The van der Waals surface area contributed by atoms with Crippen molar-refractivity contribution < 1.29 is 22.7 Å². The molecule has 1 aromatic rings. The number of methoxy groups -OCH3 is 2. The smallest absolute Gasteiger partial charge is 0.324 e. The SMILES string of the molecule is COC(=O)[C@@H]1CC2(CN1S(=O)(=O)c1ccc(OC)cc1)SCCS2. The predicted octanol–water partition coefficient (Wildman–Crippen LogP) is 1.81. The molecular weight excluding hydrogens is 370 g/mol. The minimum atomic E-state index is -3.78. The zero-order chi connectivity index (χ0) is 17.4. The second-order valence-electron chi connectivity index (χ2n) is 5.58. The third-order valence-electron chi connectivity index (χ3n) is 4.20. The Hall–Kier alpha value is -0.900. The molecule has 0 saturated carbocycles. The first-order valence-electron chi connectivity index (χ1n) is 7.43. The summed E-state index contributed by atoms with van der Waals surface area (Å²) in [5.74, 6) is 2.01. The minimum absolute atomic E-state index is 0.155. The van der Waals surface area contributed by atoms with Gasteiger partial charge in [-0.2, -0.15) is 4.31 Å². The number of nitrogens with zero attached hydrogens (tertiary/aromatic N) is 1. The number of ether oxygens (including phenoxy) is 2. The molecule has 9 heteroatoms. The number of hydrogen-bond acceptors (Lipinski definition) is 7. The third kappa shape index (κ3) is 3.14. The van der Waals surface area contributed by atoms with Gasteiger partial charge >= 0.3 is 5.97 Å². The van der Waals surface area contributed by atoms with Crippen molar-refractivity contribution in [1.29, 1.82) is 0 Å². The Labute approximate surface area is 150 Å². The molecule has 0 amide bonds. The molecule has 1 spiro atoms. The first-order valence-corrected chi connectivity index (χ1v) is 10.8. The summed E-state index contributed by atoms with van der Waals surface area (Å²) in [5.41, 5.74) is 0. The standard InChI is InChI=1S/C15H19NO5S3/c1-20-11-3-5-12(6-4-11)24(18,19)16-10-15(22-7-8-23-15)9-13(16)14(17)21-2/h3-6,13H,7-10H2,1-2H3/t13-/m0/s1. The van der Waals surface area contributed by atoms with Crippen molar-refractivity contribution in [2.75, 3.05) is 32.3 Å². The van der Waals surface area contributed by atoms with Gasteiger partial charge < -0.3 is 9.47 Å². The fraction of sp³-hybridized carbons (Fsp3) is 0.533. The Morgan fingerprint density at radius 3 is 2.38 bits per heavy atom. The fourth-order valence-corrected chi connectivity index (χ4v) is 8.04. The molecule has 132 valence electrons. The maximum Gasteiger partial charge on any atom is 0.324 e. The van der Waals surface area contributed by atoms with E-state index in [9.17, 15) is 13.2 Å². The van der Waals surface area contributed by atoms with E-state index in [1.54, 1.807) is 35.7 Å². The molecule has 0 aliphatic carbocycles. The van der Waals surface area contributed by atoms with Gasteiger partial charge in [0.25, 0.3) is 0 Å². The Morgan fingerprint density at radius 1 is 1.21 bits per heavy atom. The lowest BCUT2D eigenvalue weighted by atomic mass is 10.2. The molecule has 1 aromatic carbocycles. The third-order valence-corrected chi connectivity index (χ3v) is 9.50. The lowest BCUT2D eigenvalue weighted by molar-refractivity contribution is -0.144. The minimum Gasteiger partial charge on any atom is -0.497 e. The van der Waals surface area contributed by atoms with E-state index in [4.69, 9.17) is 9.47 Å². The highest BCUT2D eigenvalue weighted by Crippen LogP contribution is 2.52. The van der Waals surface area contributed by atoms with E-state index in [2.05, 4.69) is 0 Å². The van der Waals surface area contributed by atoms with Crippen LogP contribution in [0.4, 0.5) is 0 Å². The highest BCUT2D eigenvalue weighted by molar-refractivity contribution is 8.21. The summed E-state index contributed by atoms with van der Waals surface area (Å²) in [5, 5.41) is 0. The Balaban J connectivity index is 1.95. The van der Waals surface area contributed by atoms with Gasteiger partial charge in [-0.3, -0.25) is 4.79 Å². The molecule has 0 N–H and O–H groups in total. The van der Waals surface area contributed by atoms with Crippen molar-refractivity contribution in [2.45, 2.75) is 21.4 Å². The molecule has 1 atom stereocenters. The van der Waals surface area contributed by atoms with Crippen LogP contribution in [0.1, 0.15) is 6.42 Å². The second-order valence-corrected chi connectivity index (χ2v) is 10.7. The van der Waals surface area contributed by atoms with E-state index in [1.807, 2.05) is 0 Å². The maximum atomic E-state index is 13.1. The normalized spacial score (nSPS) is 23.5. The fourth-order valence-electron chi connectivity index (χ4n) is 2.99. The molecule has 2 aliphatic rings. The molecule has 0 radical (unpaired) electrons. The molecule has 2 heterocycles. The first-order chi connectivity index (χ1) is 11.4. The van der Waals surface area contributed by atoms with E-state index < -0.39 is 22.0 Å². The monoisotopic (exact) mass is 389 g/mol. The van der Waals surface area contributed by atoms with E-state index in [1.165, 1.54) is 30.7 Å². The van der Waals surface area contributed by atoms with E-state index in [0.717, 1.165) is 11.5 Å². The van der Waals surface area contributed by atoms with E-state index in [0.29, 0.717) is 18.7 Å². The predicted molar refractivity (Wildman–Crippen MR) is 95.0 cm³/mol. The second kappa shape index (κ2) is 6.78.